The van der Waals surface area contributed by atoms with Gasteiger partial charge in [0.15, 0.2) is 12.0 Å². The molecule has 2 aromatic heterocycles. The number of pyridine rings is 2. The van der Waals surface area contributed by atoms with Gasteiger partial charge in [-0.3, -0.25) is 9.78 Å². The lowest BCUT2D eigenvalue weighted by Gasteiger charge is -2.11. The smallest absolute Gasteiger partial charge is 0.172 e. The molecule has 0 bridgehead atoms. The first-order valence-electron chi connectivity index (χ1n) is 5.08. The molecular weight excluding hydrogens is 204 g/mol. The molecule has 0 radical (unpaired) electrons. The molecule has 4 heteroatoms. The quantitative estimate of drug-likeness (QED) is 0.738. The van der Waals surface area contributed by atoms with Crippen LogP contribution in [0.1, 0.15) is 24.3 Å². The second-order valence-electron chi connectivity index (χ2n) is 3.70. The average molecular weight is 216 g/mol. The lowest BCUT2D eigenvalue weighted by molar-refractivity contribution is 0.111. The normalized spacial score (nSPS) is 10.7. The van der Waals surface area contributed by atoms with E-state index in [1.165, 1.54) is 0 Å². The Hall–Kier alpha value is -1.97. The van der Waals surface area contributed by atoms with E-state index < -0.39 is 0 Å². The maximum Gasteiger partial charge on any atom is 0.172 e. The Morgan fingerprint density at radius 3 is 2.88 bits per heavy atom. The summed E-state index contributed by atoms with van der Waals surface area (Å²) in [5.41, 5.74) is 1.73. The molecule has 0 aliphatic rings. The van der Waals surface area contributed by atoms with Crippen LogP contribution in [-0.4, -0.2) is 22.4 Å². The number of carbonyl (C=O) groups excluding carboxylic acids is 1. The van der Waals surface area contributed by atoms with Gasteiger partial charge < -0.3 is 4.74 Å². The molecule has 0 aliphatic heterocycles. The Balaban J connectivity index is 2.58. The summed E-state index contributed by atoms with van der Waals surface area (Å²) >= 11 is 0. The third-order valence-corrected chi connectivity index (χ3v) is 2.05. The van der Waals surface area contributed by atoms with Gasteiger partial charge in [0.2, 0.25) is 0 Å². The van der Waals surface area contributed by atoms with Gasteiger partial charge in [0.1, 0.15) is 5.69 Å². The van der Waals surface area contributed by atoms with E-state index >= 15 is 0 Å². The zero-order valence-electron chi connectivity index (χ0n) is 9.18. The predicted molar refractivity (Wildman–Crippen MR) is 60.7 cm³/mol. The van der Waals surface area contributed by atoms with Gasteiger partial charge in [0, 0.05) is 12.3 Å². The summed E-state index contributed by atoms with van der Waals surface area (Å²) in [6, 6.07) is 5.34. The largest absolute Gasteiger partial charge is 0.489 e. The highest BCUT2D eigenvalue weighted by atomic mass is 16.5. The van der Waals surface area contributed by atoms with Crippen molar-refractivity contribution in [2.75, 3.05) is 0 Å². The minimum absolute atomic E-state index is 0.00154. The minimum Gasteiger partial charge on any atom is -0.489 e. The van der Waals surface area contributed by atoms with Crippen molar-refractivity contribution < 1.29 is 9.53 Å². The molecule has 0 saturated carbocycles. The molecule has 0 amide bonds. The fourth-order valence-corrected chi connectivity index (χ4v) is 1.43. The van der Waals surface area contributed by atoms with E-state index in [9.17, 15) is 4.79 Å². The molecule has 4 nitrogen and oxygen atoms in total. The maximum absolute atomic E-state index is 10.9. The highest BCUT2D eigenvalue weighted by molar-refractivity contribution is 5.84. The monoisotopic (exact) mass is 216 g/mol. The van der Waals surface area contributed by atoms with Crippen LogP contribution in [0.3, 0.4) is 0 Å². The minimum atomic E-state index is 0.00154. The number of rotatable bonds is 3. The topological polar surface area (TPSA) is 52.1 Å². The summed E-state index contributed by atoms with van der Waals surface area (Å²) in [6.45, 7) is 3.80. The third-order valence-electron chi connectivity index (χ3n) is 2.05. The van der Waals surface area contributed by atoms with E-state index in [0.29, 0.717) is 23.2 Å². The molecule has 0 unspecified atom stereocenters. The van der Waals surface area contributed by atoms with Gasteiger partial charge in [0.25, 0.3) is 0 Å². The summed E-state index contributed by atoms with van der Waals surface area (Å²) in [4.78, 5) is 19.2. The number of aromatic nitrogens is 2. The second-order valence-corrected chi connectivity index (χ2v) is 3.70. The first-order chi connectivity index (χ1) is 7.70. The molecule has 2 aromatic rings. The van der Waals surface area contributed by atoms with Crippen molar-refractivity contribution in [2.45, 2.75) is 20.0 Å². The number of hydrogen-bond acceptors (Lipinski definition) is 4. The lowest BCUT2D eigenvalue weighted by atomic mass is 10.2. The van der Waals surface area contributed by atoms with E-state index in [0.717, 1.165) is 5.52 Å². The summed E-state index contributed by atoms with van der Waals surface area (Å²) < 4.78 is 5.51. The fraction of sp³-hybridized carbons (Fsp3) is 0.250. The van der Waals surface area contributed by atoms with E-state index in [-0.39, 0.29) is 6.10 Å². The van der Waals surface area contributed by atoms with Gasteiger partial charge in [-0.2, -0.15) is 0 Å². The van der Waals surface area contributed by atoms with Crippen LogP contribution < -0.4 is 4.74 Å². The predicted octanol–water partition coefficient (Wildman–Crippen LogP) is 2.23. The molecule has 0 atom stereocenters. The maximum atomic E-state index is 10.9. The molecule has 0 saturated heterocycles. The van der Waals surface area contributed by atoms with Gasteiger partial charge in [0.05, 0.1) is 17.1 Å². The van der Waals surface area contributed by atoms with Gasteiger partial charge in [-0.25, -0.2) is 4.98 Å². The highest BCUT2D eigenvalue weighted by Crippen LogP contribution is 2.21. The van der Waals surface area contributed by atoms with Crippen LogP contribution in [0.4, 0.5) is 0 Å². The number of fused-ring (bicyclic) bond motifs is 1. The standard InChI is InChI=1S/C12H12N2O2/c1-8(2)16-12-6-10-9(4-3-5-13-10)14-11(12)7-15/h3-8H,1-2H3. The van der Waals surface area contributed by atoms with Crippen LogP contribution in [0.5, 0.6) is 5.75 Å². The molecular formula is C12H12N2O2. The fourth-order valence-electron chi connectivity index (χ4n) is 1.43. The van der Waals surface area contributed by atoms with Gasteiger partial charge in [-0.1, -0.05) is 0 Å². The molecule has 2 rings (SSSR count). The number of nitrogens with zero attached hydrogens (tertiary/aromatic N) is 2. The zero-order chi connectivity index (χ0) is 11.5. The van der Waals surface area contributed by atoms with Crippen molar-refractivity contribution in [3.8, 4) is 5.75 Å². The van der Waals surface area contributed by atoms with Crippen molar-refractivity contribution >= 4 is 17.3 Å². The van der Waals surface area contributed by atoms with Crippen molar-refractivity contribution in [1.82, 2.24) is 9.97 Å². The number of hydrogen-bond donors (Lipinski definition) is 0. The van der Waals surface area contributed by atoms with E-state index in [1.807, 2.05) is 19.9 Å². The molecule has 0 N–H and O–H groups in total. The van der Waals surface area contributed by atoms with Crippen LogP contribution in [0.15, 0.2) is 24.4 Å². The first kappa shape index (κ1) is 10.5. The van der Waals surface area contributed by atoms with Crippen LogP contribution in [0.2, 0.25) is 0 Å². The van der Waals surface area contributed by atoms with Crippen LogP contribution in [0, 0.1) is 0 Å². The lowest BCUT2D eigenvalue weighted by Crippen LogP contribution is -2.08. The Kier molecular flexibility index (Phi) is 2.81. The van der Waals surface area contributed by atoms with Gasteiger partial charge in [-0.05, 0) is 26.0 Å². The number of carbonyl (C=O) groups is 1. The second kappa shape index (κ2) is 4.26. The molecule has 82 valence electrons. The van der Waals surface area contributed by atoms with Crippen molar-refractivity contribution in [3.63, 3.8) is 0 Å². The SMILES string of the molecule is CC(C)Oc1cc2ncccc2nc1C=O. The Labute approximate surface area is 93.3 Å². The van der Waals surface area contributed by atoms with Crippen LogP contribution >= 0.6 is 0 Å². The summed E-state index contributed by atoms with van der Waals surface area (Å²) in [5.74, 6) is 0.483. The van der Waals surface area contributed by atoms with Crippen molar-refractivity contribution in [2.24, 2.45) is 0 Å². The van der Waals surface area contributed by atoms with Gasteiger partial charge >= 0.3 is 0 Å². The zero-order valence-corrected chi connectivity index (χ0v) is 9.18. The van der Waals surface area contributed by atoms with Gasteiger partial charge in [-0.15, -0.1) is 0 Å². The highest BCUT2D eigenvalue weighted by Gasteiger charge is 2.09. The molecule has 0 aromatic carbocycles. The molecule has 0 spiro atoms. The summed E-state index contributed by atoms with van der Waals surface area (Å²) in [6.07, 6.45) is 2.38. The molecule has 2 heterocycles. The Morgan fingerprint density at radius 1 is 1.38 bits per heavy atom. The van der Waals surface area contributed by atoms with Crippen LogP contribution in [0.25, 0.3) is 11.0 Å². The molecule has 16 heavy (non-hydrogen) atoms. The third kappa shape index (κ3) is 2.00. The van der Waals surface area contributed by atoms with E-state index in [2.05, 4.69) is 9.97 Å². The average Bonchev–Trinajstić information content (AvgIpc) is 2.27. The van der Waals surface area contributed by atoms with Crippen molar-refractivity contribution in [1.29, 1.82) is 0 Å². The number of ether oxygens (including phenoxy) is 1. The first-order valence-corrected chi connectivity index (χ1v) is 5.08. The summed E-state index contributed by atoms with van der Waals surface area (Å²) in [5, 5.41) is 0. The Bertz CT molecular complexity index is 523. The molecule has 0 fully saturated rings. The number of aldehydes is 1. The van der Waals surface area contributed by atoms with Crippen molar-refractivity contribution in [3.05, 3.63) is 30.1 Å². The van der Waals surface area contributed by atoms with E-state index in [1.54, 1.807) is 18.3 Å². The van der Waals surface area contributed by atoms with Crippen LogP contribution in [-0.2, 0) is 0 Å². The van der Waals surface area contributed by atoms with E-state index in [4.69, 9.17) is 4.74 Å². The molecule has 0 aliphatic carbocycles. The Morgan fingerprint density at radius 2 is 2.19 bits per heavy atom. The summed E-state index contributed by atoms with van der Waals surface area (Å²) in [7, 11) is 0.